The van der Waals surface area contributed by atoms with Crippen LogP contribution in [0, 0.1) is 24.0 Å². The first kappa shape index (κ1) is 13.6. The highest BCUT2D eigenvalue weighted by Crippen LogP contribution is 2.36. The highest BCUT2D eigenvalue weighted by atomic mass is 16.6. The van der Waals surface area contributed by atoms with Crippen LogP contribution in [0.2, 0.25) is 0 Å². The number of hydrogen-bond acceptors (Lipinski definition) is 5. The van der Waals surface area contributed by atoms with Crippen LogP contribution in [0.15, 0.2) is 28.7 Å². The third-order valence-electron chi connectivity index (χ3n) is 2.59. The third-order valence-corrected chi connectivity index (χ3v) is 2.59. The minimum absolute atomic E-state index is 0.0342. The molecule has 0 spiro atoms. The number of carboxylic acids is 1. The van der Waals surface area contributed by atoms with Crippen molar-refractivity contribution in [3.05, 3.63) is 51.3 Å². The molecule has 0 fully saturated rings. The Labute approximate surface area is 113 Å². The van der Waals surface area contributed by atoms with Gasteiger partial charge in [-0.2, -0.15) is 0 Å². The summed E-state index contributed by atoms with van der Waals surface area (Å²) in [4.78, 5) is 21.2. The van der Waals surface area contributed by atoms with E-state index in [-0.39, 0.29) is 23.1 Å². The van der Waals surface area contributed by atoms with Crippen molar-refractivity contribution in [2.24, 2.45) is 0 Å². The second-order valence-corrected chi connectivity index (χ2v) is 4.21. The first-order chi connectivity index (χ1) is 9.38. The van der Waals surface area contributed by atoms with E-state index in [1.165, 1.54) is 18.2 Å². The van der Waals surface area contributed by atoms with E-state index in [1.807, 2.05) is 0 Å². The summed E-state index contributed by atoms with van der Waals surface area (Å²) in [6.07, 6.45) is 0. The topological polar surface area (TPSA) is 103 Å². The first-order valence-corrected chi connectivity index (χ1v) is 5.65. The number of benzene rings is 1. The van der Waals surface area contributed by atoms with Gasteiger partial charge in [-0.05, 0) is 31.0 Å². The molecule has 2 aromatic rings. The van der Waals surface area contributed by atoms with Crippen molar-refractivity contribution in [2.45, 2.75) is 13.8 Å². The van der Waals surface area contributed by atoms with Crippen LogP contribution in [-0.4, -0.2) is 16.0 Å². The molecule has 0 amide bonds. The Morgan fingerprint density at radius 1 is 1.35 bits per heavy atom. The average molecular weight is 277 g/mol. The van der Waals surface area contributed by atoms with E-state index in [0.717, 1.165) is 5.56 Å². The van der Waals surface area contributed by atoms with E-state index in [1.54, 1.807) is 19.9 Å². The third kappa shape index (κ3) is 2.61. The van der Waals surface area contributed by atoms with Crippen molar-refractivity contribution in [3.8, 4) is 11.7 Å². The van der Waals surface area contributed by atoms with Gasteiger partial charge >= 0.3 is 11.7 Å². The second kappa shape index (κ2) is 5.04. The van der Waals surface area contributed by atoms with Crippen molar-refractivity contribution < 1.29 is 24.0 Å². The summed E-state index contributed by atoms with van der Waals surface area (Å²) < 4.78 is 10.2. The minimum Gasteiger partial charge on any atom is -0.475 e. The highest BCUT2D eigenvalue weighted by Gasteiger charge is 2.21. The van der Waals surface area contributed by atoms with E-state index in [0.29, 0.717) is 5.56 Å². The van der Waals surface area contributed by atoms with Gasteiger partial charge in [-0.25, -0.2) is 4.79 Å². The molecule has 0 saturated heterocycles. The number of carbonyl (C=O) groups is 1. The van der Waals surface area contributed by atoms with Gasteiger partial charge in [0.1, 0.15) is 0 Å². The van der Waals surface area contributed by atoms with Gasteiger partial charge in [0.15, 0.2) is 0 Å². The summed E-state index contributed by atoms with van der Waals surface area (Å²) in [5.74, 6) is -1.62. The van der Waals surface area contributed by atoms with Crippen LogP contribution in [0.3, 0.4) is 0 Å². The number of aromatic carboxylic acids is 1. The Morgan fingerprint density at radius 2 is 2.05 bits per heavy atom. The van der Waals surface area contributed by atoms with E-state index < -0.39 is 10.9 Å². The molecule has 1 aromatic carbocycles. The molecule has 2 rings (SSSR count). The summed E-state index contributed by atoms with van der Waals surface area (Å²) in [5.41, 5.74) is 1.09. The van der Waals surface area contributed by atoms with E-state index in [9.17, 15) is 14.9 Å². The Balaban J connectivity index is 2.41. The molecule has 0 radical (unpaired) electrons. The maximum absolute atomic E-state index is 11.0. The van der Waals surface area contributed by atoms with Crippen molar-refractivity contribution in [1.29, 1.82) is 0 Å². The normalized spacial score (nSPS) is 10.3. The molecule has 1 aromatic heterocycles. The summed E-state index contributed by atoms with van der Waals surface area (Å²) in [6, 6.07) is 5.62. The first-order valence-electron chi connectivity index (χ1n) is 5.65. The Morgan fingerprint density at radius 3 is 2.60 bits per heavy atom. The summed E-state index contributed by atoms with van der Waals surface area (Å²) >= 11 is 0. The molecular formula is C13H11NO6. The quantitative estimate of drug-likeness (QED) is 0.679. The van der Waals surface area contributed by atoms with Gasteiger partial charge in [0.2, 0.25) is 11.5 Å². The molecule has 0 unspecified atom stereocenters. The zero-order valence-electron chi connectivity index (χ0n) is 10.7. The van der Waals surface area contributed by atoms with Crippen LogP contribution in [0.25, 0.3) is 0 Å². The molecule has 0 aliphatic rings. The van der Waals surface area contributed by atoms with Gasteiger partial charge in [0, 0.05) is 12.1 Å². The number of nitro benzene ring substituents is 1. The van der Waals surface area contributed by atoms with Gasteiger partial charge in [0.05, 0.1) is 4.92 Å². The number of ether oxygens (including phenoxy) is 1. The lowest BCUT2D eigenvalue weighted by atomic mass is 10.1. The van der Waals surface area contributed by atoms with Crippen molar-refractivity contribution in [2.75, 3.05) is 0 Å². The maximum Gasteiger partial charge on any atom is 0.371 e. The maximum atomic E-state index is 11.0. The lowest BCUT2D eigenvalue weighted by Crippen LogP contribution is -1.96. The number of aryl methyl sites for hydroxylation is 2. The van der Waals surface area contributed by atoms with Gasteiger partial charge in [-0.15, -0.1) is 0 Å². The largest absolute Gasteiger partial charge is 0.475 e. The molecule has 104 valence electrons. The van der Waals surface area contributed by atoms with E-state index in [4.69, 9.17) is 14.3 Å². The minimum atomic E-state index is -1.24. The molecule has 0 aliphatic heterocycles. The lowest BCUT2D eigenvalue weighted by Gasteiger charge is -2.07. The molecule has 7 heteroatoms. The average Bonchev–Trinajstić information content (AvgIpc) is 2.80. The number of hydrogen-bond donors (Lipinski definition) is 1. The van der Waals surface area contributed by atoms with Crippen LogP contribution in [0.4, 0.5) is 5.69 Å². The van der Waals surface area contributed by atoms with Crippen LogP contribution in [0.5, 0.6) is 11.7 Å². The Bertz CT molecular complexity index is 688. The van der Waals surface area contributed by atoms with E-state index in [2.05, 4.69) is 0 Å². The van der Waals surface area contributed by atoms with E-state index >= 15 is 0 Å². The van der Waals surface area contributed by atoms with Crippen molar-refractivity contribution in [3.63, 3.8) is 0 Å². The van der Waals surface area contributed by atoms with Gasteiger partial charge in [0.25, 0.3) is 5.95 Å². The standard InChI is InChI=1S/C13H11NO6/c1-7-5-8(2)12(9(6-7)14(17)18)20-11-4-3-10(19-11)13(15)16/h3-6H,1-2H3,(H,15,16). The van der Waals surface area contributed by atoms with Gasteiger partial charge < -0.3 is 14.3 Å². The lowest BCUT2D eigenvalue weighted by molar-refractivity contribution is -0.385. The smallest absolute Gasteiger partial charge is 0.371 e. The summed E-state index contributed by atoms with van der Waals surface area (Å²) in [6.45, 7) is 3.40. The van der Waals surface area contributed by atoms with Gasteiger partial charge in [-0.3, -0.25) is 10.1 Å². The molecular weight excluding hydrogens is 266 g/mol. The Hall–Kier alpha value is -2.83. The summed E-state index contributed by atoms with van der Waals surface area (Å²) in [7, 11) is 0. The molecule has 1 heterocycles. The molecule has 0 bridgehead atoms. The SMILES string of the molecule is Cc1cc(C)c(Oc2ccc(C(=O)O)o2)c([N+](=O)[O-])c1. The fraction of sp³-hybridized carbons (Fsp3) is 0.154. The molecule has 0 saturated carbocycles. The fourth-order valence-corrected chi connectivity index (χ4v) is 1.79. The zero-order chi connectivity index (χ0) is 14.9. The monoisotopic (exact) mass is 277 g/mol. The fourth-order valence-electron chi connectivity index (χ4n) is 1.79. The van der Waals surface area contributed by atoms with Crippen LogP contribution >= 0.6 is 0 Å². The molecule has 1 N–H and O–H groups in total. The number of furan rings is 1. The van der Waals surface area contributed by atoms with Crippen LogP contribution < -0.4 is 4.74 Å². The number of nitrogens with zero attached hydrogens (tertiary/aromatic N) is 1. The summed E-state index contributed by atoms with van der Waals surface area (Å²) in [5, 5.41) is 19.8. The molecule has 0 aliphatic carbocycles. The Kier molecular flexibility index (Phi) is 3.43. The second-order valence-electron chi connectivity index (χ2n) is 4.21. The van der Waals surface area contributed by atoms with Crippen LogP contribution in [0.1, 0.15) is 21.7 Å². The van der Waals surface area contributed by atoms with Crippen molar-refractivity contribution >= 4 is 11.7 Å². The molecule has 7 nitrogen and oxygen atoms in total. The van der Waals surface area contributed by atoms with Gasteiger partial charge in [-0.1, -0.05) is 6.07 Å². The molecule has 20 heavy (non-hydrogen) atoms. The number of rotatable bonds is 4. The predicted octanol–water partition coefficient (Wildman–Crippen LogP) is 3.30. The molecule has 0 atom stereocenters. The predicted molar refractivity (Wildman–Crippen MR) is 68.3 cm³/mol. The van der Waals surface area contributed by atoms with Crippen molar-refractivity contribution in [1.82, 2.24) is 0 Å². The highest BCUT2D eigenvalue weighted by molar-refractivity contribution is 5.84. The zero-order valence-corrected chi connectivity index (χ0v) is 10.7. The van der Waals surface area contributed by atoms with Crippen LogP contribution in [-0.2, 0) is 0 Å². The number of nitro groups is 1. The number of carboxylic acid groups (broad SMARTS) is 1.